The van der Waals surface area contributed by atoms with Crippen LogP contribution in [0, 0.1) is 6.92 Å². The summed E-state index contributed by atoms with van der Waals surface area (Å²) in [5.41, 5.74) is 7.35. The number of rotatable bonds is 7. The van der Waals surface area contributed by atoms with Gasteiger partial charge in [0.25, 0.3) is 0 Å². The van der Waals surface area contributed by atoms with E-state index in [-0.39, 0.29) is 0 Å². The Hall–Kier alpha value is -1.75. The van der Waals surface area contributed by atoms with Gasteiger partial charge in [-0.15, -0.1) is 0 Å². The lowest BCUT2D eigenvalue weighted by Gasteiger charge is -1.96. The molecule has 0 aliphatic carbocycles. The van der Waals surface area contributed by atoms with Gasteiger partial charge in [-0.25, -0.2) is 0 Å². The van der Waals surface area contributed by atoms with Gasteiger partial charge in [-0.2, -0.15) is 4.98 Å². The van der Waals surface area contributed by atoms with Gasteiger partial charge >= 0.3 is 0 Å². The molecule has 0 aliphatic heterocycles. The topological polar surface area (TPSA) is 77.8 Å². The molecule has 2 N–H and O–H groups in total. The zero-order valence-corrected chi connectivity index (χ0v) is 11.3. The molecule has 0 spiro atoms. The van der Waals surface area contributed by atoms with Crippen LogP contribution in [0.3, 0.4) is 0 Å². The molecule has 0 saturated carbocycles. The summed E-state index contributed by atoms with van der Waals surface area (Å²) in [4.78, 5) is 8.62. The molecule has 0 atom stereocenters. The molecular weight excluding hydrogens is 240 g/mol. The van der Waals surface area contributed by atoms with Gasteiger partial charge in [0.15, 0.2) is 0 Å². The summed E-state index contributed by atoms with van der Waals surface area (Å²) in [5, 5.41) is 3.97. The van der Waals surface area contributed by atoms with E-state index in [0.29, 0.717) is 11.7 Å². The Labute approximate surface area is 113 Å². The first-order valence-electron chi connectivity index (χ1n) is 6.75. The molecule has 5 nitrogen and oxygen atoms in total. The molecule has 19 heavy (non-hydrogen) atoms. The molecule has 0 saturated heterocycles. The number of nitrogens with zero attached hydrogens (tertiary/aromatic N) is 3. The van der Waals surface area contributed by atoms with Crippen LogP contribution in [0.5, 0.6) is 0 Å². The predicted octanol–water partition coefficient (Wildman–Crippen LogP) is 2.50. The number of hydrogen-bond donors (Lipinski definition) is 1. The van der Waals surface area contributed by atoms with E-state index in [1.807, 2.05) is 19.1 Å². The Morgan fingerprint density at radius 3 is 2.84 bits per heavy atom. The van der Waals surface area contributed by atoms with Gasteiger partial charge in [-0.3, -0.25) is 4.98 Å². The van der Waals surface area contributed by atoms with Crippen molar-refractivity contribution in [1.82, 2.24) is 15.1 Å². The Morgan fingerprint density at radius 2 is 2.05 bits per heavy atom. The van der Waals surface area contributed by atoms with Crippen molar-refractivity contribution in [1.29, 1.82) is 0 Å². The fraction of sp³-hybridized carbons (Fsp3) is 0.500. The lowest BCUT2D eigenvalue weighted by Crippen LogP contribution is -1.97. The van der Waals surface area contributed by atoms with E-state index < -0.39 is 0 Å². The summed E-state index contributed by atoms with van der Waals surface area (Å²) < 4.78 is 5.24. The zero-order chi connectivity index (χ0) is 13.5. The second kappa shape index (κ2) is 6.99. The fourth-order valence-electron chi connectivity index (χ4n) is 1.89. The molecule has 0 unspecified atom stereocenters. The standard InChI is InChI=1S/C14H20N4O/c1-11-7-9-16-12(10-11)14-17-13(19-18-14)6-4-2-3-5-8-15/h7,9-10H,2-6,8,15H2,1H3. The largest absolute Gasteiger partial charge is 0.339 e. The van der Waals surface area contributed by atoms with Crippen molar-refractivity contribution >= 4 is 0 Å². The van der Waals surface area contributed by atoms with Crippen molar-refractivity contribution in [2.24, 2.45) is 5.73 Å². The fourth-order valence-corrected chi connectivity index (χ4v) is 1.89. The Bertz CT molecular complexity index is 510. The number of unbranched alkanes of at least 4 members (excludes halogenated alkanes) is 3. The molecule has 2 heterocycles. The summed E-state index contributed by atoms with van der Waals surface area (Å²) in [6, 6.07) is 3.90. The molecule has 0 radical (unpaired) electrons. The van der Waals surface area contributed by atoms with Crippen molar-refractivity contribution in [3.05, 3.63) is 29.8 Å². The maximum Gasteiger partial charge on any atom is 0.227 e. The lowest BCUT2D eigenvalue weighted by atomic mass is 10.1. The second-order valence-electron chi connectivity index (χ2n) is 4.68. The Kier molecular flexibility index (Phi) is 5.03. The summed E-state index contributed by atoms with van der Waals surface area (Å²) in [7, 11) is 0. The third kappa shape index (κ3) is 4.13. The smallest absolute Gasteiger partial charge is 0.227 e. The van der Waals surface area contributed by atoms with E-state index in [0.717, 1.165) is 49.9 Å². The number of aryl methyl sites for hydroxylation is 2. The summed E-state index contributed by atoms with van der Waals surface area (Å²) in [6.45, 7) is 2.79. The highest BCUT2D eigenvalue weighted by Crippen LogP contribution is 2.15. The molecule has 2 aromatic rings. The number of hydrogen-bond acceptors (Lipinski definition) is 5. The molecule has 0 aromatic carbocycles. The normalized spacial score (nSPS) is 10.8. The van der Waals surface area contributed by atoms with Crippen LogP contribution in [0.1, 0.15) is 37.1 Å². The molecule has 0 amide bonds. The Balaban J connectivity index is 1.88. The molecule has 5 heteroatoms. The van der Waals surface area contributed by atoms with E-state index in [4.69, 9.17) is 10.3 Å². The molecule has 2 aromatic heterocycles. The van der Waals surface area contributed by atoms with Gasteiger partial charge in [-0.05, 0) is 44.0 Å². The number of aromatic nitrogens is 3. The minimum absolute atomic E-state index is 0.570. The molecule has 0 aliphatic rings. The Morgan fingerprint density at radius 1 is 1.21 bits per heavy atom. The highest BCUT2D eigenvalue weighted by Gasteiger charge is 2.09. The SMILES string of the molecule is Cc1ccnc(-c2noc(CCCCCCN)n2)c1. The van der Waals surface area contributed by atoms with E-state index in [1.54, 1.807) is 6.20 Å². The lowest BCUT2D eigenvalue weighted by molar-refractivity contribution is 0.374. The van der Waals surface area contributed by atoms with Crippen LogP contribution in [0.25, 0.3) is 11.5 Å². The van der Waals surface area contributed by atoms with E-state index in [9.17, 15) is 0 Å². The van der Waals surface area contributed by atoms with E-state index >= 15 is 0 Å². The average molecular weight is 260 g/mol. The van der Waals surface area contributed by atoms with E-state index in [1.165, 1.54) is 0 Å². The highest BCUT2D eigenvalue weighted by atomic mass is 16.5. The quantitative estimate of drug-likeness (QED) is 0.774. The third-order valence-electron chi connectivity index (χ3n) is 2.96. The third-order valence-corrected chi connectivity index (χ3v) is 2.96. The number of pyridine rings is 1. The maximum atomic E-state index is 5.45. The van der Waals surface area contributed by atoms with Crippen molar-refractivity contribution in [2.75, 3.05) is 6.54 Å². The molecule has 0 bridgehead atoms. The van der Waals surface area contributed by atoms with Gasteiger partial charge in [0.2, 0.25) is 11.7 Å². The minimum atomic E-state index is 0.570. The molecule has 2 rings (SSSR count). The maximum absolute atomic E-state index is 5.45. The monoisotopic (exact) mass is 260 g/mol. The molecule has 0 fully saturated rings. The van der Waals surface area contributed by atoms with Crippen LogP contribution in [-0.4, -0.2) is 21.7 Å². The first-order valence-corrected chi connectivity index (χ1v) is 6.75. The molecular formula is C14H20N4O. The van der Waals surface area contributed by atoms with Crippen molar-refractivity contribution < 1.29 is 4.52 Å². The van der Waals surface area contributed by atoms with Gasteiger partial charge < -0.3 is 10.3 Å². The van der Waals surface area contributed by atoms with Gasteiger partial charge in [-0.1, -0.05) is 18.0 Å². The average Bonchev–Trinajstić information content (AvgIpc) is 2.87. The van der Waals surface area contributed by atoms with Crippen LogP contribution in [-0.2, 0) is 6.42 Å². The van der Waals surface area contributed by atoms with Crippen LogP contribution < -0.4 is 5.73 Å². The molecule has 102 valence electrons. The van der Waals surface area contributed by atoms with Gasteiger partial charge in [0.1, 0.15) is 5.69 Å². The summed E-state index contributed by atoms with van der Waals surface area (Å²) in [5.74, 6) is 1.26. The second-order valence-corrected chi connectivity index (χ2v) is 4.68. The van der Waals surface area contributed by atoms with Crippen molar-refractivity contribution in [2.45, 2.75) is 39.0 Å². The first-order chi connectivity index (χ1) is 9.29. The highest BCUT2D eigenvalue weighted by molar-refractivity contribution is 5.48. The van der Waals surface area contributed by atoms with Crippen LogP contribution in [0.15, 0.2) is 22.9 Å². The van der Waals surface area contributed by atoms with Crippen molar-refractivity contribution in [3.8, 4) is 11.5 Å². The van der Waals surface area contributed by atoms with Gasteiger partial charge in [0, 0.05) is 12.6 Å². The minimum Gasteiger partial charge on any atom is -0.339 e. The van der Waals surface area contributed by atoms with Crippen LogP contribution in [0.4, 0.5) is 0 Å². The summed E-state index contributed by atoms with van der Waals surface area (Å²) >= 11 is 0. The first kappa shape index (κ1) is 13.7. The zero-order valence-electron chi connectivity index (χ0n) is 11.3. The van der Waals surface area contributed by atoms with Crippen LogP contribution >= 0.6 is 0 Å². The van der Waals surface area contributed by atoms with E-state index in [2.05, 4.69) is 15.1 Å². The van der Waals surface area contributed by atoms with Gasteiger partial charge in [0.05, 0.1) is 0 Å². The van der Waals surface area contributed by atoms with Crippen LogP contribution in [0.2, 0.25) is 0 Å². The number of nitrogens with two attached hydrogens (primary N) is 1. The van der Waals surface area contributed by atoms with Crippen molar-refractivity contribution in [3.63, 3.8) is 0 Å². The summed E-state index contributed by atoms with van der Waals surface area (Å²) in [6.07, 6.45) is 7.04. The predicted molar refractivity (Wildman–Crippen MR) is 73.5 cm³/mol.